The second-order valence-corrected chi connectivity index (χ2v) is 4.92. The van der Waals surface area contributed by atoms with Gasteiger partial charge >= 0.3 is 0 Å². The fraction of sp³-hybridized carbons (Fsp3) is 0.917. The number of morpholine rings is 1. The number of carbonyl (C=O) groups excluding carboxylic acids is 1. The Morgan fingerprint density at radius 2 is 2.18 bits per heavy atom. The summed E-state index contributed by atoms with van der Waals surface area (Å²) in [6, 6.07) is -0.351. The number of rotatable bonds is 4. The van der Waals surface area contributed by atoms with Crippen molar-refractivity contribution in [1.29, 1.82) is 0 Å². The van der Waals surface area contributed by atoms with Gasteiger partial charge in [0.2, 0.25) is 5.91 Å². The van der Waals surface area contributed by atoms with Crippen molar-refractivity contribution in [1.82, 2.24) is 4.90 Å². The molecule has 0 bridgehead atoms. The molecule has 0 aromatic carbocycles. The van der Waals surface area contributed by atoms with Gasteiger partial charge in [0.15, 0.2) is 0 Å². The smallest absolute Gasteiger partial charge is 0.239 e. The maximum Gasteiger partial charge on any atom is 0.239 e. The zero-order chi connectivity index (χ0) is 12.1. The van der Waals surface area contributed by atoms with Crippen molar-refractivity contribution in [2.45, 2.75) is 45.8 Å². The molecule has 1 unspecified atom stereocenters. The molecule has 17 heavy (non-hydrogen) atoms. The SMILES string of the molecule is CCC1CN(C(=O)[C@@H](N)CC(C)C)CCO1.Cl. The number of hydrogen-bond donors (Lipinski definition) is 1. The van der Waals surface area contributed by atoms with Gasteiger partial charge in [0.05, 0.1) is 18.8 Å². The van der Waals surface area contributed by atoms with Crippen LogP contribution in [0.5, 0.6) is 0 Å². The molecule has 0 aromatic rings. The maximum atomic E-state index is 12.0. The first-order valence-electron chi connectivity index (χ1n) is 6.20. The van der Waals surface area contributed by atoms with Crippen LogP contribution in [0.3, 0.4) is 0 Å². The molecule has 4 nitrogen and oxygen atoms in total. The maximum absolute atomic E-state index is 12.0. The summed E-state index contributed by atoms with van der Waals surface area (Å²) in [4.78, 5) is 13.9. The number of halogens is 1. The van der Waals surface area contributed by atoms with E-state index in [1.165, 1.54) is 0 Å². The summed E-state index contributed by atoms with van der Waals surface area (Å²) in [5.74, 6) is 0.539. The molecule has 102 valence electrons. The second-order valence-electron chi connectivity index (χ2n) is 4.92. The van der Waals surface area contributed by atoms with Gasteiger partial charge in [0.25, 0.3) is 0 Å². The zero-order valence-corrected chi connectivity index (χ0v) is 11.8. The Balaban J connectivity index is 0.00000256. The highest BCUT2D eigenvalue weighted by atomic mass is 35.5. The molecule has 2 N–H and O–H groups in total. The number of nitrogens with zero attached hydrogens (tertiary/aromatic N) is 1. The van der Waals surface area contributed by atoms with Crippen molar-refractivity contribution < 1.29 is 9.53 Å². The van der Waals surface area contributed by atoms with Gasteiger partial charge in [-0.3, -0.25) is 4.79 Å². The summed E-state index contributed by atoms with van der Waals surface area (Å²) in [7, 11) is 0. The number of amides is 1. The number of carbonyl (C=O) groups is 1. The lowest BCUT2D eigenvalue weighted by molar-refractivity contribution is -0.140. The Kier molecular flexibility index (Phi) is 7.75. The number of hydrogen-bond acceptors (Lipinski definition) is 3. The first-order chi connectivity index (χ1) is 7.54. The molecular weight excluding hydrogens is 240 g/mol. The van der Waals surface area contributed by atoms with Gasteiger partial charge in [-0.05, 0) is 18.8 Å². The van der Waals surface area contributed by atoms with E-state index in [9.17, 15) is 4.79 Å². The van der Waals surface area contributed by atoms with Crippen LogP contribution in [0.15, 0.2) is 0 Å². The molecule has 0 spiro atoms. The van der Waals surface area contributed by atoms with Crippen molar-refractivity contribution in [3.63, 3.8) is 0 Å². The predicted octanol–water partition coefficient (Wildman–Crippen LogP) is 1.42. The summed E-state index contributed by atoms with van der Waals surface area (Å²) in [6.07, 6.45) is 1.89. The first-order valence-corrected chi connectivity index (χ1v) is 6.20. The van der Waals surface area contributed by atoms with Crippen LogP contribution in [0.4, 0.5) is 0 Å². The van der Waals surface area contributed by atoms with Crippen LogP contribution in [-0.4, -0.2) is 42.6 Å². The van der Waals surface area contributed by atoms with Crippen molar-refractivity contribution in [3.8, 4) is 0 Å². The van der Waals surface area contributed by atoms with Gasteiger partial charge in [-0.15, -0.1) is 12.4 Å². The Morgan fingerprint density at radius 1 is 1.53 bits per heavy atom. The summed E-state index contributed by atoms with van der Waals surface area (Å²) in [5.41, 5.74) is 5.90. The third-order valence-electron chi connectivity index (χ3n) is 2.95. The van der Waals surface area contributed by atoms with Crippen molar-refractivity contribution >= 4 is 18.3 Å². The van der Waals surface area contributed by atoms with E-state index >= 15 is 0 Å². The van der Waals surface area contributed by atoms with E-state index in [1.807, 2.05) is 4.90 Å². The van der Waals surface area contributed by atoms with Crippen LogP contribution in [0.2, 0.25) is 0 Å². The van der Waals surface area contributed by atoms with E-state index < -0.39 is 0 Å². The van der Waals surface area contributed by atoms with Gasteiger partial charge in [-0.1, -0.05) is 20.8 Å². The van der Waals surface area contributed by atoms with Crippen LogP contribution in [0, 0.1) is 5.92 Å². The lowest BCUT2D eigenvalue weighted by Crippen LogP contribution is -2.51. The monoisotopic (exact) mass is 264 g/mol. The van der Waals surface area contributed by atoms with E-state index in [0.717, 1.165) is 12.8 Å². The quantitative estimate of drug-likeness (QED) is 0.836. The van der Waals surface area contributed by atoms with Crippen LogP contribution in [-0.2, 0) is 9.53 Å². The van der Waals surface area contributed by atoms with Crippen LogP contribution in [0.1, 0.15) is 33.6 Å². The van der Waals surface area contributed by atoms with Crippen molar-refractivity contribution in [2.75, 3.05) is 19.7 Å². The van der Waals surface area contributed by atoms with E-state index in [1.54, 1.807) is 0 Å². The highest BCUT2D eigenvalue weighted by Gasteiger charge is 2.26. The highest BCUT2D eigenvalue weighted by Crippen LogP contribution is 2.11. The molecule has 0 aromatic heterocycles. The molecule has 1 fully saturated rings. The highest BCUT2D eigenvalue weighted by molar-refractivity contribution is 5.85. The van der Waals surface area contributed by atoms with Crippen LogP contribution < -0.4 is 5.73 Å². The molecule has 2 atom stereocenters. The molecule has 1 heterocycles. The van der Waals surface area contributed by atoms with E-state index in [4.69, 9.17) is 10.5 Å². The largest absolute Gasteiger partial charge is 0.375 e. The molecule has 0 radical (unpaired) electrons. The Morgan fingerprint density at radius 3 is 2.71 bits per heavy atom. The molecule has 1 amide bonds. The third kappa shape index (κ3) is 5.23. The van der Waals surface area contributed by atoms with Gasteiger partial charge in [-0.2, -0.15) is 0 Å². The average molecular weight is 265 g/mol. The van der Waals surface area contributed by atoms with E-state index in [0.29, 0.717) is 25.6 Å². The fourth-order valence-electron chi connectivity index (χ4n) is 2.01. The second kappa shape index (κ2) is 7.90. The molecule has 1 aliphatic heterocycles. The molecule has 1 aliphatic rings. The average Bonchev–Trinajstić information content (AvgIpc) is 2.27. The number of ether oxygens (including phenoxy) is 1. The van der Waals surface area contributed by atoms with Gasteiger partial charge < -0.3 is 15.4 Å². The van der Waals surface area contributed by atoms with Crippen molar-refractivity contribution in [2.24, 2.45) is 11.7 Å². The molecule has 1 rings (SSSR count). The molecule has 1 saturated heterocycles. The van der Waals surface area contributed by atoms with Crippen molar-refractivity contribution in [3.05, 3.63) is 0 Å². The number of nitrogens with two attached hydrogens (primary N) is 1. The summed E-state index contributed by atoms with van der Waals surface area (Å²) in [5, 5.41) is 0. The summed E-state index contributed by atoms with van der Waals surface area (Å²) >= 11 is 0. The van der Waals surface area contributed by atoms with Gasteiger partial charge in [-0.25, -0.2) is 0 Å². The first kappa shape index (κ1) is 16.7. The van der Waals surface area contributed by atoms with Crippen LogP contribution >= 0.6 is 12.4 Å². The molecule has 0 aliphatic carbocycles. The summed E-state index contributed by atoms with van der Waals surface area (Å²) < 4.78 is 5.53. The van der Waals surface area contributed by atoms with E-state index in [2.05, 4.69) is 20.8 Å². The van der Waals surface area contributed by atoms with Crippen LogP contribution in [0.25, 0.3) is 0 Å². The standard InChI is InChI=1S/C12H24N2O2.ClH/c1-4-10-8-14(5-6-16-10)12(15)11(13)7-9(2)3;/h9-11H,4-8,13H2,1-3H3;1H/t10?,11-;/m0./s1. The lowest BCUT2D eigenvalue weighted by Gasteiger charge is -2.34. The third-order valence-corrected chi connectivity index (χ3v) is 2.95. The fourth-order valence-corrected chi connectivity index (χ4v) is 2.01. The predicted molar refractivity (Wildman–Crippen MR) is 71.3 cm³/mol. The normalized spacial score (nSPS) is 22.2. The summed E-state index contributed by atoms with van der Waals surface area (Å²) in [6.45, 7) is 8.26. The minimum atomic E-state index is -0.351. The lowest BCUT2D eigenvalue weighted by atomic mass is 10.0. The molecular formula is C12H25ClN2O2. The Labute approximate surface area is 110 Å². The minimum absolute atomic E-state index is 0. The topological polar surface area (TPSA) is 55.6 Å². The Bertz CT molecular complexity index is 237. The molecule has 0 saturated carbocycles. The van der Waals surface area contributed by atoms with Gasteiger partial charge in [0, 0.05) is 13.1 Å². The Hall–Kier alpha value is -0.320. The minimum Gasteiger partial charge on any atom is -0.375 e. The van der Waals surface area contributed by atoms with Gasteiger partial charge in [0.1, 0.15) is 0 Å². The molecule has 5 heteroatoms. The van der Waals surface area contributed by atoms with E-state index in [-0.39, 0.29) is 30.5 Å². The zero-order valence-electron chi connectivity index (χ0n) is 11.0.